The van der Waals surface area contributed by atoms with Crippen molar-refractivity contribution in [2.24, 2.45) is 5.92 Å². The van der Waals surface area contributed by atoms with Crippen molar-refractivity contribution in [3.05, 3.63) is 58.9 Å². The van der Waals surface area contributed by atoms with Gasteiger partial charge in [0.05, 0.1) is 23.5 Å². The quantitative estimate of drug-likeness (QED) is 0.901. The van der Waals surface area contributed by atoms with Crippen LogP contribution in [0.5, 0.6) is 0 Å². The molecular formula is C20H20N6. The van der Waals surface area contributed by atoms with Crippen LogP contribution in [0, 0.1) is 31.1 Å². The van der Waals surface area contributed by atoms with Crippen molar-refractivity contribution >= 4 is 5.57 Å². The van der Waals surface area contributed by atoms with Crippen LogP contribution in [0.3, 0.4) is 0 Å². The van der Waals surface area contributed by atoms with E-state index < -0.39 is 0 Å². The predicted molar refractivity (Wildman–Crippen MR) is 99.5 cm³/mol. The molecule has 3 heterocycles. The van der Waals surface area contributed by atoms with Gasteiger partial charge in [0.2, 0.25) is 0 Å². The van der Waals surface area contributed by atoms with Crippen LogP contribution in [0.2, 0.25) is 0 Å². The Balaban J connectivity index is 1.69. The van der Waals surface area contributed by atoms with Gasteiger partial charge in [-0.25, -0.2) is 10.4 Å². The van der Waals surface area contributed by atoms with E-state index in [2.05, 4.69) is 38.8 Å². The first kappa shape index (κ1) is 16.6. The van der Waals surface area contributed by atoms with Gasteiger partial charge in [-0.05, 0) is 49.3 Å². The Kier molecular flexibility index (Phi) is 4.11. The van der Waals surface area contributed by atoms with Crippen LogP contribution in [0.4, 0.5) is 0 Å². The summed E-state index contributed by atoms with van der Waals surface area (Å²) < 4.78 is 0. The fraction of sp³-hybridized carbons (Fsp3) is 0.300. The largest absolute Gasteiger partial charge is 0.254 e. The lowest BCUT2D eigenvalue weighted by Crippen LogP contribution is -2.34. The van der Waals surface area contributed by atoms with Crippen molar-refractivity contribution in [3.8, 4) is 17.5 Å². The fourth-order valence-electron chi connectivity index (χ4n) is 3.60. The van der Waals surface area contributed by atoms with Crippen molar-refractivity contribution in [1.29, 1.82) is 5.26 Å². The number of hydrogen-bond acceptors (Lipinski definition) is 6. The number of aryl methyl sites for hydroxylation is 2. The van der Waals surface area contributed by atoms with Gasteiger partial charge in [-0.1, -0.05) is 6.08 Å². The summed E-state index contributed by atoms with van der Waals surface area (Å²) in [6.45, 7) is 4.83. The number of allylic oxidation sites excluding steroid dienone is 2. The maximum Gasteiger partial charge on any atom is 0.112 e. The summed E-state index contributed by atoms with van der Waals surface area (Å²) in [6, 6.07) is 8.40. The molecule has 0 radical (unpaired) electrons. The number of pyridine rings is 1. The normalized spacial score (nSPS) is 22.4. The molecule has 2 aliphatic rings. The van der Waals surface area contributed by atoms with Gasteiger partial charge in [-0.2, -0.15) is 10.4 Å². The van der Waals surface area contributed by atoms with E-state index in [0.29, 0.717) is 0 Å². The standard InChI is InChI=1S/C20H20N6/c1-12-6-16(10-22-19(12)18-5-4-13(2)23-24-18)14-7-15(9-21)20-17(8-14)11-26(3)25-20/h4-8,10,17,20,25H,11H2,1-3H3. The molecule has 2 unspecified atom stereocenters. The molecule has 2 atom stereocenters. The van der Waals surface area contributed by atoms with Crippen molar-refractivity contribution in [2.75, 3.05) is 13.6 Å². The van der Waals surface area contributed by atoms with E-state index in [-0.39, 0.29) is 12.0 Å². The van der Waals surface area contributed by atoms with Crippen molar-refractivity contribution in [3.63, 3.8) is 0 Å². The van der Waals surface area contributed by atoms with Crippen LogP contribution >= 0.6 is 0 Å². The van der Waals surface area contributed by atoms with Crippen LogP contribution in [0.15, 0.2) is 42.1 Å². The summed E-state index contributed by atoms with van der Waals surface area (Å²) in [5.41, 5.74) is 9.71. The molecule has 1 aliphatic carbocycles. The number of nitrogens with zero attached hydrogens (tertiary/aromatic N) is 5. The highest BCUT2D eigenvalue weighted by atomic mass is 15.5. The summed E-state index contributed by atoms with van der Waals surface area (Å²) in [5.74, 6) is 0.289. The Morgan fingerprint density at radius 2 is 2.12 bits per heavy atom. The monoisotopic (exact) mass is 344 g/mol. The van der Waals surface area contributed by atoms with E-state index in [1.54, 1.807) is 0 Å². The molecule has 2 aromatic heterocycles. The van der Waals surface area contributed by atoms with Crippen LogP contribution in [-0.4, -0.2) is 39.8 Å². The van der Waals surface area contributed by atoms with Crippen molar-refractivity contribution in [1.82, 2.24) is 25.6 Å². The molecule has 4 rings (SSSR count). The number of hydrogen-bond donors (Lipinski definition) is 1. The van der Waals surface area contributed by atoms with E-state index >= 15 is 0 Å². The van der Waals surface area contributed by atoms with E-state index in [4.69, 9.17) is 0 Å². The lowest BCUT2D eigenvalue weighted by atomic mass is 9.85. The average molecular weight is 344 g/mol. The highest BCUT2D eigenvalue weighted by Crippen LogP contribution is 2.33. The van der Waals surface area contributed by atoms with Gasteiger partial charge in [0.25, 0.3) is 0 Å². The number of fused-ring (bicyclic) bond motifs is 1. The van der Waals surface area contributed by atoms with Crippen molar-refractivity contribution < 1.29 is 0 Å². The zero-order valence-electron chi connectivity index (χ0n) is 15.1. The highest BCUT2D eigenvalue weighted by Gasteiger charge is 2.34. The lowest BCUT2D eigenvalue weighted by Gasteiger charge is -2.21. The van der Waals surface area contributed by atoms with Gasteiger partial charge in [-0.15, -0.1) is 5.10 Å². The minimum atomic E-state index is 0.0740. The molecule has 0 spiro atoms. The van der Waals surface area contributed by atoms with E-state index in [0.717, 1.165) is 45.9 Å². The van der Waals surface area contributed by atoms with Crippen LogP contribution in [0.25, 0.3) is 17.0 Å². The first-order valence-electron chi connectivity index (χ1n) is 8.63. The van der Waals surface area contributed by atoms with E-state index in [9.17, 15) is 5.26 Å². The average Bonchev–Trinajstić information content (AvgIpc) is 3.02. The van der Waals surface area contributed by atoms with Gasteiger partial charge >= 0.3 is 0 Å². The van der Waals surface area contributed by atoms with Gasteiger partial charge in [0, 0.05) is 36.8 Å². The zero-order chi connectivity index (χ0) is 18.3. The lowest BCUT2D eigenvalue weighted by molar-refractivity contribution is 0.301. The SMILES string of the molecule is Cc1ccc(-c2ncc(C3=CC4CN(C)NC4C(C#N)=C3)cc2C)nn1. The molecule has 130 valence electrons. The number of nitriles is 1. The smallest absolute Gasteiger partial charge is 0.112 e. The van der Waals surface area contributed by atoms with Gasteiger partial charge in [-0.3, -0.25) is 4.98 Å². The van der Waals surface area contributed by atoms with Crippen LogP contribution in [-0.2, 0) is 0 Å². The minimum absolute atomic E-state index is 0.0740. The third kappa shape index (κ3) is 2.92. The molecule has 6 heteroatoms. The first-order chi connectivity index (χ1) is 12.5. The molecule has 26 heavy (non-hydrogen) atoms. The molecule has 1 aliphatic heterocycles. The van der Waals surface area contributed by atoms with Crippen molar-refractivity contribution in [2.45, 2.75) is 19.9 Å². The second kappa shape index (κ2) is 6.45. The van der Waals surface area contributed by atoms with Crippen LogP contribution < -0.4 is 5.43 Å². The maximum atomic E-state index is 9.52. The fourth-order valence-corrected chi connectivity index (χ4v) is 3.60. The van der Waals surface area contributed by atoms with E-state index in [1.165, 1.54) is 0 Å². The molecule has 0 bridgehead atoms. The molecule has 1 fully saturated rings. The predicted octanol–water partition coefficient (Wildman–Crippen LogP) is 2.44. The summed E-state index contributed by atoms with van der Waals surface area (Å²) in [6.07, 6.45) is 6.06. The molecule has 2 aromatic rings. The molecule has 0 aromatic carbocycles. The minimum Gasteiger partial charge on any atom is -0.254 e. The second-order valence-corrected chi connectivity index (χ2v) is 6.93. The molecule has 0 saturated carbocycles. The molecule has 1 N–H and O–H groups in total. The summed E-state index contributed by atoms with van der Waals surface area (Å²) >= 11 is 0. The second-order valence-electron chi connectivity index (χ2n) is 6.93. The van der Waals surface area contributed by atoms with E-state index in [1.807, 2.05) is 50.3 Å². The number of rotatable bonds is 2. The highest BCUT2D eigenvalue weighted by molar-refractivity contribution is 5.78. The third-order valence-electron chi connectivity index (χ3n) is 4.89. The Hall–Kier alpha value is -2.88. The number of hydrazine groups is 1. The van der Waals surface area contributed by atoms with Gasteiger partial charge < -0.3 is 0 Å². The first-order valence-corrected chi connectivity index (χ1v) is 8.63. The Bertz CT molecular complexity index is 951. The molecule has 0 amide bonds. The van der Waals surface area contributed by atoms with Gasteiger partial charge in [0.1, 0.15) is 5.69 Å². The topological polar surface area (TPSA) is 77.7 Å². The summed E-state index contributed by atoms with van der Waals surface area (Å²) in [7, 11) is 2.00. The van der Waals surface area contributed by atoms with Crippen LogP contribution in [0.1, 0.15) is 16.8 Å². The molecule has 1 saturated heterocycles. The Morgan fingerprint density at radius 1 is 1.27 bits per heavy atom. The Morgan fingerprint density at radius 3 is 2.81 bits per heavy atom. The molecular weight excluding hydrogens is 324 g/mol. The molecule has 6 nitrogen and oxygen atoms in total. The zero-order valence-corrected chi connectivity index (χ0v) is 15.1. The van der Waals surface area contributed by atoms with Gasteiger partial charge in [0.15, 0.2) is 0 Å². The summed E-state index contributed by atoms with van der Waals surface area (Å²) in [5, 5.41) is 19.9. The Labute approximate surface area is 152 Å². The maximum absolute atomic E-state index is 9.52. The number of nitrogens with one attached hydrogen (secondary N) is 1. The third-order valence-corrected chi connectivity index (χ3v) is 4.89. The summed E-state index contributed by atoms with van der Waals surface area (Å²) in [4.78, 5) is 4.62. The number of aromatic nitrogens is 3.